The van der Waals surface area contributed by atoms with Crippen molar-refractivity contribution in [1.82, 2.24) is 20.1 Å². The third-order valence-electron chi connectivity index (χ3n) is 8.88. The molecule has 1 aromatic carbocycles. The molecule has 1 N–H and O–H groups in total. The molecule has 34 heavy (non-hydrogen) atoms. The van der Waals surface area contributed by atoms with Crippen molar-refractivity contribution in [3.8, 4) is 0 Å². The van der Waals surface area contributed by atoms with Gasteiger partial charge in [0.25, 0.3) is 0 Å². The zero-order chi connectivity index (χ0) is 23.1. The second-order valence-electron chi connectivity index (χ2n) is 11.4. The Morgan fingerprint density at radius 2 is 1.65 bits per heavy atom. The number of carbonyl (C=O) groups is 1. The van der Waals surface area contributed by atoms with Gasteiger partial charge >= 0.3 is 0 Å². The van der Waals surface area contributed by atoms with Gasteiger partial charge in [-0.05, 0) is 86.8 Å². The smallest absolute Gasteiger partial charge is 0.226 e. The second-order valence-corrected chi connectivity index (χ2v) is 12.3. The van der Waals surface area contributed by atoms with Crippen LogP contribution in [0.25, 0.3) is 0 Å². The maximum atomic E-state index is 13.5. The molecule has 0 spiro atoms. The van der Waals surface area contributed by atoms with Gasteiger partial charge in [-0.1, -0.05) is 43.2 Å². The molecular weight excluding hydrogens is 447 g/mol. The molecule has 5 saturated carbocycles. The highest BCUT2D eigenvalue weighted by Gasteiger charge is 2.54. The Morgan fingerprint density at radius 1 is 1.00 bits per heavy atom. The van der Waals surface area contributed by atoms with Crippen LogP contribution in [0.15, 0.2) is 29.4 Å². The van der Waals surface area contributed by atoms with E-state index in [1.807, 2.05) is 12.1 Å². The molecule has 5 aliphatic carbocycles. The molecule has 5 fully saturated rings. The predicted molar refractivity (Wildman–Crippen MR) is 131 cm³/mol. The Bertz CT molecular complexity index is 994. The number of aromatic nitrogens is 3. The van der Waals surface area contributed by atoms with Crippen LogP contribution in [0.5, 0.6) is 0 Å². The number of halogens is 1. The minimum absolute atomic E-state index is 0.134. The van der Waals surface area contributed by atoms with Gasteiger partial charge in [0.05, 0.1) is 6.54 Å². The number of amides is 1. The number of rotatable bonds is 7. The first-order valence-corrected chi connectivity index (χ1v) is 14.2. The first-order valence-electron chi connectivity index (χ1n) is 13.2. The molecule has 182 valence electrons. The maximum Gasteiger partial charge on any atom is 0.226 e. The van der Waals surface area contributed by atoms with Gasteiger partial charge in [-0.15, -0.1) is 10.2 Å². The van der Waals surface area contributed by atoms with Crippen molar-refractivity contribution in [3.05, 3.63) is 41.5 Å². The Morgan fingerprint density at radius 3 is 2.29 bits per heavy atom. The summed E-state index contributed by atoms with van der Waals surface area (Å²) in [5, 5.41) is 13.3. The Hall–Kier alpha value is -1.89. The summed E-state index contributed by atoms with van der Waals surface area (Å²) in [6.07, 6.45) is 13.3. The van der Waals surface area contributed by atoms with Crippen LogP contribution in [0.3, 0.4) is 0 Å². The van der Waals surface area contributed by atoms with E-state index in [9.17, 15) is 9.18 Å². The number of carbonyl (C=O) groups excluding carboxylic acids is 1. The highest BCUT2D eigenvalue weighted by molar-refractivity contribution is 7.98. The predicted octanol–water partition coefficient (Wildman–Crippen LogP) is 6.05. The minimum Gasteiger partial charge on any atom is -0.348 e. The molecule has 1 aromatic heterocycles. The second kappa shape index (κ2) is 9.29. The summed E-state index contributed by atoms with van der Waals surface area (Å²) in [6.45, 7) is 0.460. The van der Waals surface area contributed by atoms with E-state index >= 15 is 0 Å². The van der Waals surface area contributed by atoms with Crippen LogP contribution in [-0.4, -0.2) is 20.7 Å². The van der Waals surface area contributed by atoms with Crippen molar-refractivity contribution in [1.29, 1.82) is 0 Å². The average molecular weight is 483 g/mol. The summed E-state index contributed by atoms with van der Waals surface area (Å²) in [7, 11) is 0. The minimum atomic E-state index is -0.212. The van der Waals surface area contributed by atoms with Crippen molar-refractivity contribution in [3.63, 3.8) is 0 Å². The summed E-state index contributed by atoms with van der Waals surface area (Å²) in [6, 6.07) is 7.07. The van der Waals surface area contributed by atoms with Crippen LogP contribution in [-0.2, 0) is 17.1 Å². The van der Waals surface area contributed by atoms with Crippen LogP contribution in [0.2, 0.25) is 0 Å². The van der Waals surface area contributed by atoms with Gasteiger partial charge in [0.1, 0.15) is 5.82 Å². The van der Waals surface area contributed by atoms with Crippen LogP contribution in [0, 0.1) is 29.0 Å². The SMILES string of the molecule is O=C(NCc1nnc(SCc2ccc(F)cc2)n1C1CCCCC1)C12CC3CC(CC(C3)C1)C2. The monoisotopic (exact) mass is 482 g/mol. The Labute approximate surface area is 205 Å². The van der Waals surface area contributed by atoms with E-state index in [2.05, 4.69) is 20.1 Å². The van der Waals surface area contributed by atoms with Crippen molar-refractivity contribution in [2.75, 3.05) is 0 Å². The zero-order valence-corrected chi connectivity index (χ0v) is 20.7. The maximum absolute atomic E-state index is 13.5. The number of hydrogen-bond acceptors (Lipinski definition) is 4. The molecule has 0 atom stereocenters. The van der Waals surface area contributed by atoms with Crippen molar-refractivity contribution >= 4 is 17.7 Å². The van der Waals surface area contributed by atoms with Gasteiger partial charge in [-0.3, -0.25) is 4.79 Å². The standard InChI is InChI=1S/C27H35FN4OS/c28-22-8-6-18(7-9-22)17-34-26-31-30-24(32(26)23-4-2-1-3-5-23)16-29-25(33)27-13-19-10-20(14-27)12-21(11-19)15-27/h6-9,19-21,23H,1-5,10-17H2,(H,29,33). The summed E-state index contributed by atoms with van der Waals surface area (Å²) in [5.74, 6) is 3.94. The highest BCUT2D eigenvalue weighted by atomic mass is 32.2. The summed E-state index contributed by atoms with van der Waals surface area (Å²) >= 11 is 1.66. The largest absolute Gasteiger partial charge is 0.348 e. The lowest BCUT2D eigenvalue weighted by Crippen LogP contribution is -2.53. The molecule has 7 heteroatoms. The molecule has 0 radical (unpaired) electrons. The van der Waals surface area contributed by atoms with Gasteiger partial charge in [0.2, 0.25) is 5.91 Å². The van der Waals surface area contributed by atoms with E-state index in [-0.39, 0.29) is 17.1 Å². The Balaban J connectivity index is 1.17. The van der Waals surface area contributed by atoms with Gasteiger partial charge in [0.15, 0.2) is 11.0 Å². The summed E-state index contributed by atoms with van der Waals surface area (Å²) in [4.78, 5) is 13.5. The quantitative estimate of drug-likeness (QED) is 0.488. The van der Waals surface area contributed by atoms with E-state index in [1.165, 1.54) is 50.7 Å². The molecule has 1 heterocycles. The van der Waals surface area contributed by atoms with Gasteiger partial charge in [-0.2, -0.15) is 0 Å². The van der Waals surface area contributed by atoms with Crippen molar-refractivity contribution in [2.24, 2.45) is 23.2 Å². The van der Waals surface area contributed by atoms with Crippen molar-refractivity contribution in [2.45, 2.75) is 94.1 Å². The molecule has 4 bridgehead atoms. The van der Waals surface area contributed by atoms with E-state index in [1.54, 1.807) is 11.8 Å². The van der Waals surface area contributed by atoms with Gasteiger partial charge in [0, 0.05) is 17.2 Å². The number of nitrogens with zero attached hydrogens (tertiary/aromatic N) is 3. The normalized spacial score (nSPS) is 30.6. The van der Waals surface area contributed by atoms with E-state index in [4.69, 9.17) is 0 Å². The molecule has 1 amide bonds. The van der Waals surface area contributed by atoms with E-state index in [0.717, 1.165) is 72.2 Å². The van der Waals surface area contributed by atoms with Crippen LogP contribution >= 0.6 is 11.8 Å². The molecule has 5 nitrogen and oxygen atoms in total. The van der Waals surface area contributed by atoms with Crippen LogP contribution in [0.1, 0.15) is 88.1 Å². The van der Waals surface area contributed by atoms with Crippen molar-refractivity contribution < 1.29 is 9.18 Å². The van der Waals surface area contributed by atoms with Gasteiger partial charge < -0.3 is 9.88 Å². The average Bonchev–Trinajstić information content (AvgIpc) is 3.24. The fourth-order valence-electron chi connectivity index (χ4n) is 7.70. The zero-order valence-electron chi connectivity index (χ0n) is 19.8. The van der Waals surface area contributed by atoms with Gasteiger partial charge in [-0.25, -0.2) is 4.39 Å². The first-order chi connectivity index (χ1) is 16.6. The summed E-state index contributed by atoms with van der Waals surface area (Å²) < 4.78 is 15.6. The first kappa shape index (κ1) is 22.6. The van der Waals surface area contributed by atoms with Crippen LogP contribution in [0.4, 0.5) is 4.39 Å². The lowest BCUT2D eigenvalue weighted by Gasteiger charge is -2.55. The molecule has 0 aliphatic heterocycles. The molecule has 7 rings (SSSR count). The third kappa shape index (κ3) is 4.40. The third-order valence-corrected chi connectivity index (χ3v) is 9.90. The van der Waals surface area contributed by atoms with E-state index in [0.29, 0.717) is 12.6 Å². The molecule has 0 unspecified atom stereocenters. The molecule has 2 aromatic rings. The summed E-state index contributed by atoms with van der Waals surface area (Å²) in [5.41, 5.74) is 0.936. The number of nitrogens with one attached hydrogen (secondary N) is 1. The highest BCUT2D eigenvalue weighted by Crippen LogP contribution is 2.60. The number of benzene rings is 1. The topological polar surface area (TPSA) is 59.8 Å². The molecular formula is C27H35FN4OS. The van der Waals surface area contributed by atoms with E-state index < -0.39 is 0 Å². The fourth-order valence-corrected chi connectivity index (χ4v) is 8.68. The number of thioether (sulfide) groups is 1. The lowest BCUT2D eigenvalue weighted by atomic mass is 9.49. The Kier molecular flexibility index (Phi) is 6.16. The molecule has 0 saturated heterocycles. The van der Waals surface area contributed by atoms with Crippen LogP contribution < -0.4 is 5.32 Å². The molecule has 5 aliphatic rings. The number of hydrogen-bond donors (Lipinski definition) is 1. The lowest BCUT2D eigenvalue weighted by molar-refractivity contribution is -0.146. The fraction of sp³-hybridized carbons (Fsp3) is 0.667.